The van der Waals surface area contributed by atoms with Crippen molar-refractivity contribution in [2.75, 3.05) is 17.2 Å². The molecule has 2 aliphatic heterocycles. The molecule has 0 bridgehead atoms. The lowest BCUT2D eigenvalue weighted by Gasteiger charge is -2.27. The molecular formula is C53H46F8N18O. The lowest BCUT2D eigenvalue weighted by atomic mass is 10.1. The number of aliphatic hydroxyl groups excluding tert-OH is 1. The summed E-state index contributed by atoms with van der Waals surface area (Å²) < 4.78 is 130. The zero-order chi connectivity index (χ0) is 55.9. The number of benzene rings is 2. The number of nitrogens with zero attached hydrogens (tertiary/aromatic N) is 16. The molecule has 0 radical (unpaired) electrons. The monoisotopic (exact) mass is 1100 g/mol. The van der Waals surface area contributed by atoms with Crippen molar-refractivity contribution in [1.29, 1.82) is 0 Å². The zero-order valence-electron chi connectivity index (χ0n) is 42.8. The fourth-order valence-corrected chi connectivity index (χ4v) is 10.4. The molecule has 10 aromatic rings. The second kappa shape index (κ2) is 19.6. The number of anilines is 4. The van der Waals surface area contributed by atoms with E-state index in [0.717, 1.165) is 28.9 Å². The molecule has 12 rings (SSSR count). The Balaban J connectivity index is 0.905. The molecule has 0 unspecified atom stereocenters. The number of alkyl halides is 6. The Labute approximate surface area is 448 Å². The normalized spacial score (nSPS) is 15.0. The maximum Gasteiger partial charge on any atom is 0.334 e. The van der Waals surface area contributed by atoms with Crippen molar-refractivity contribution in [3.8, 4) is 56.9 Å². The van der Waals surface area contributed by atoms with Crippen LogP contribution in [0.3, 0.4) is 0 Å². The van der Waals surface area contributed by atoms with Gasteiger partial charge in [0.1, 0.15) is 35.5 Å². The van der Waals surface area contributed by atoms with Crippen molar-refractivity contribution >= 4 is 23.5 Å². The van der Waals surface area contributed by atoms with Gasteiger partial charge in [0.2, 0.25) is 23.5 Å². The number of nitrogens with one attached hydrogen (secondary N) is 2. The van der Waals surface area contributed by atoms with E-state index in [0.29, 0.717) is 56.5 Å². The van der Waals surface area contributed by atoms with Crippen LogP contribution in [0.15, 0.2) is 97.6 Å². The second-order valence-electron chi connectivity index (χ2n) is 19.6. The van der Waals surface area contributed by atoms with E-state index in [-0.39, 0.29) is 67.7 Å². The highest BCUT2D eigenvalue weighted by Gasteiger charge is 2.46. The van der Waals surface area contributed by atoms with Crippen molar-refractivity contribution < 1.29 is 40.2 Å². The lowest BCUT2D eigenvalue weighted by Crippen LogP contribution is -2.28. The number of rotatable bonds is 16. The molecule has 0 fully saturated rings. The summed E-state index contributed by atoms with van der Waals surface area (Å²) in [5.41, 5.74) is 2.97. The molecule has 0 saturated carbocycles. The van der Waals surface area contributed by atoms with E-state index in [1.807, 2.05) is 22.3 Å². The van der Waals surface area contributed by atoms with Gasteiger partial charge in [-0.15, -0.1) is 20.4 Å². The Morgan fingerprint density at radius 1 is 0.675 bits per heavy atom. The van der Waals surface area contributed by atoms with Crippen LogP contribution >= 0.6 is 0 Å². The smallest absolute Gasteiger partial charge is 0.334 e. The fourth-order valence-electron chi connectivity index (χ4n) is 10.4. The lowest BCUT2D eigenvalue weighted by molar-refractivity contribution is 0.0226. The SMILES string of the molecule is Cc1cnc(Nc2cc(-c3nc(Nc4ccnn4CC(F)F)nc(-c4cc5n(c4)C[C@H](C)n4c-5nnc4C(F)(F)c4ccccc4F)c3C)nn2CCCO)nc1-c1cc2n(c1)C[C@H](C)n1c-2nnc1C(F)(F)c1ccccc1F. The first-order valence-corrected chi connectivity index (χ1v) is 25.2. The molecule has 0 aliphatic carbocycles. The Kier molecular flexibility index (Phi) is 12.7. The van der Waals surface area contributed by atoms with Crippen molar-refractivity contribution in [3.05, 3.63) is 143 Å². The minimum atomic E-state index is -3.84. The van der Waals surface area contributed by atoms with Gasteiger partial charge in [-0.25, -0.2) is 46.9 Å². The number of fused-ring (bicyclic) bond motifs is 6. The number of aliphatic hydroxyl groups is 1. The predicted octanol–water partition coefficient (Wildman–Crippen LogP) is 10.2. The minimum Gasteiger partial charge on any atom is -0.396 e. The van der Waals surface area contributed by atoms with Gasteiger partial charge in [-0.05, 0) is 76.1 Å². The molecule has 80 heavy (non-hydrogen) atoms. The number of aryl methyl sites for hydroxylation is 2. The van der Waals surface area contributed by atoms with E-state index in [9.17, 15) is 22.7 Å². The highest BCUT2D eigenvalue weighted by Crippen LogP contribution is 2.45. The molecule has 8 aromatic heterocycles. The topological polar surface area (TPSA) is 203 Å². The number of hydrogen-bond donors (Lipinski definition) is 3. The number of halogens is 8. The second-order valence-corrected chi connectivity index (χ2v) is 19.6. The third kappa shape index (κ3) is 8.80. The van der Waals surface area contributed by atoms with E-state index in [1.165, 1.54) is 45.7 Å². The highest BCUT2D eigenvalue weighted by atomic mass is 19.3. The van der Waals surface area contributed by atoms with Crippen LogP contribution in [-0.4, -0.2) is 96.3 Å². The molecule has 0 amide bonds. The molecule has 27 heteroatoms. The molecule has 2 atom stereocenters. The van der Waals surface area contributed by atoms with Gasteiger partial charge < -0.3 is 24.9 Å². The Morgan fingerprint density at radius 2 is 1.23 bits per heavy atom. The van der Waals surface area contributed by atoms with Crippen LogP contribution in [0.2, 0.25) is 0 Å². The summed E-state index contributed by atoms with van der Waals surface area (Å²) in [5, 5.41) is 41.4. The zero-order valence-corrected chi connectivity index (χ0v) is 42.8. The van der Waals surface area contributed by atoms with Crippen LogP contribution in [-0.2, 0) is 38.0 Å². The summed E-state index contributed by atoms with van der Waals surface area (Å²) in [7, 11) is 0. The van der Waals surface area contributed by atoms with Gasteiger partial charge >= 0.3 is 11.8 Å². The third-order valence-electron chi connectivity index (χ3n) is 14.2. The summed E-state index contributed by atoms with van der Waals surface area (Å²) in [6.45, 7) is 6.80. The van der Waals surface area contributed by atoms with E-state index in [4.69, 9.17) is 20.1 Å². The van der Waals surface area contributed by atoms with Gasteiger partial charge in [0.25, 0.3) is 6.43 Å². The Hall–Kier alpha value is -9.14. The predicted molar refractivity (Wildman–Crippen MR) is 274 cm³/mol. The van der Waals surface area contributed by atoms with E-state index >= 15 is 17.6 Å². The van der Waals surface area contributed by atoms with Crippen LogP contribution in [0.1, 0.15) is 66.3 Å². The van der Waals surface area contributed by atoms with Gasteiger partial charge in [-0.3, -0.25) is 9.13 Å². The third-order valence-corrected chi connectivity index (χ3v) is 14.2. The van der Waals surface area contributed by atoms with Crippen molar-refractivity contribution in [3.63, 3.8) is 0 Å². The van der Waals surface area contributed by atoms with E-state index in [2.05, 4.69) is 41.1 Å². The van der Waals surface area contributed by atoms with Gasteiger partial charge in [0.05, 0.1) is 57.9 Å². The van der Waals surface area contributed by atoms with Crippen LogP contribution in [0, 0.1) is 25.5 Å². The molecule has 3 N–H and O–H groups in total. The number of hydrogen-bond acceptors (Lipinski definition) is 13. The van der Waals surface area contributed by atoms with Crippen LogP contribution < -0.4 is 10.6 Å². The minimum absolute atomic E-state index is 0.0343. The summed E-state index contributed by atoms with van der Waals surface area (Å²) in [6.07, 6.45) is 4.12. The van der Waals surface area contributed by atoms with Crippen LogP contribution in [0.5, 0.6) is 0 Å². The first-order valence-electron chi connectivity index (χ1n) is 25.2. The molecule has 2 aromatic carbocycles. The summed E-state index contributed by atoms with van der Waals surface area (Å²) >= 11 is 0. The van der Waals surface area contributed by atoms with Crippen LogP contribution in [0.25, 0.3) is 56.9 Å². The Morgan fingerprint density at radius 3 is 1.80 bits per heavy atom. The standard InChI is InChI=1S/C53H46F8N18O/c1-27-21-62-50(66-43(27)31-18-38-46-69-71-48(78(46)28(2)22-74(38)24-31)52(58,59)33-10-5-7-12-35(33)54)65-42-20-37(73-76(42)16-9-17-80)45-30(4)44(67-51(68-45)64-41-14-15-63-77(41)26-40(56)57)32-19-39-47-70-72-49(79(47)29(3)23-75(39)25-32)53(60,61)34-11-6-8-13-36(34)55/h5-8,10-15,18-21,24-25,28-29,40,80H,9,16-17,22-23,26H2,1-4H3,(H,62,65,66)(H,64,67,68)/t28-,29-/m0/s1. The first kappa shape index (κ1) is 51.6. The summed E-state index contributed by atoms with van der Waals surface area (Å²) in [4.78, 5) is 19.2. The van der Waals surface area contributed by atoms with E-state index < -0.39 is 71.3 Å². The quantitative estimate of drug-likeness (QED) is 0.0772. The maximum absolute atomic E-state index is 16.1. The van der Waals surface area contributed by atoms with Crippen molar-refractivity contribution in [2.45, 2.75) is 90.6 Å². The van der Waals surface area contributed by atoms with Crippen molar-refractivity contribution in [2.24, 2.45) is 0 Å². The maximum atomic E-state index is 16.1. The molecule has 410 valence electrons. The summed E-state index contributed by atoms with van der Waals surface area (Å²) in [5.74, 6) is -10.3. The molecular weight excluding hydrogens is 1060 g/mol. The van der Waals surface area contributed by atoms with Crippen molar-refractivity contribution in [1.82, 2.24) is 78.2 Å². The average molecular weight is 1100 g/mol. The first-order chi connectivity index (χ1) is 38.4. The summed E-state index contributed by atoms with van der Waals surface area (Å²) in [6, 6.07) is 14.8. The number of aromatic nitrogens is 16. The van der Waals surface area contributed by atoms with Gasteiger partial charge in [-0.2, -0.15) is 27.8 Å². The average Bonchev–Trinajstić information content (AvgIpc) is 4.46. The highest BCUT2D eigenvalue weighted by molar-refractivity contribution is 5.78. The molecule has 10 heterocycles. The van der Waals surface area contributed by atoms with E-state index in [1.54, 1.807) is 56.0 Å². The molecule has 2 aliphatic rings. The van der Waals surface area contributed by atoms with Gasteiger partial charge in [-0.1, -0.05) is 24.3 Å². The van der Waals surface area contributed by atoms with Crippen LogP contribution in [0.4, 0.5) is 58.7 Å². The Bertz CT molecular complexity index is 4000. The van der Waals surface area contributed by atoms with Gasteiger partial charge in [0, 0.05) is 73.7 Å². The largest absolute Gasteiger partial charge is 0.396 e. The fraction of sp³-hybridized carbons (Fsp3) is 0.283. The molecule has 0 saturated heterocycles. The van der Waals surface area contributed by atoms with Gasteiger partial charge in [0.15, 0.2) is 11.6 Å². The molecule has 19 nitrogen and oxygen atoms in total. The molecule has 0 spiro atoms.